The standard InChI is InChI=1S/C13H19N3O4/c1-9(2)14-7-3-4-13(18)15-11-6-5-10(17)8-12(11)16(19)20/h5-6,8-9,14,17H,3-4,7H2,1-2H3,(H,15,18). The fourth-order valence-electron chi connectivity index (χ4n) is 1.63. The van der Waals surface area contributed by atoms with Gasteiger partial charge in [-0.25, -0.2) is 0 Å². The highest BCUT2D eigenvalue weighted by molar-refractivity contribution is 5.93. The van der Waals surface area contributed by atoms with Crippen LogP contribution in [0.3, 0.4) is 0 Å². The minimum atomic E-state index is -0.643. The van der Waals surface area contributed by atoms with Gasteiger partial charge >= 0.3 is 0 Å². The third-order valence-corrected chi connectivity index (χ3v) is 2.59. The van der Waals surface area contributed by atoms with Crippen LogP contribution in [-0.2, 0) is 4.79 Å². The number of anilines is 1. The molecule has 0 radical (unpaired) electrons. The van der Waals surface area contributed by atoms with Gasteiger partial charge in [0.05, 0.1) is 11.0 Å². The minimum Gasteiger partial charge on any atom is -0.508 e. The Labute approximate surface area is 117 Å². The lowest BCUT2D eigenvalue weighted by molar-refractivity contribution is -0.384. The van der Waals surface area contributed by atoms with Crippen LogP contribution in [-0.4, -0.2) is 28.5 Å². The Morgan fingerprint density at radius 1 is 1.45 bits per heavy atom. The van der Waals surface area contributed by atoms with Gasteiger partial charge in [0.1, 0.15) is 11.4 Å². The molecule has 0 heterocycles. The Bertz CT molecular complexity index is 489. The summed E-state index contributed by atoms with van der Waals surface area (Å²) in [4.78, 5) is 21.9. The van der Waals surface area contributed by atoms with E-state index in [0.29, 0.717) is 19.0 Å². The van der Waals surface area contributed by atoms with Crippen molar-refractivity contribution < 1.29 is 14.8 Å². The van der Waals surface area contributed by atoms with E-state index in [1.807, 2.05) is 13.8 Å². The summed E-state index contributed by atoms with van der Waals surface area (Å²) in [5.74, 6) is -0.500. The van der Waals surface area contributed by atoms with Gasteiger partial charge in [0.15, 0.2) is 0 Å². The van der Waals surface area contributed by atoms with Crippen molar-refractivity contribution in [3.63, 3.8) is 0 Å². The van der Waals surface area contributed by atoms with Crippen LogP contribution in [0.1, 0.15) is 26.7 Å². The molecule has 0 aliphatic carbocycles. The number of rotatable bonds is 7. The van der Waals surface area contributed by atoms with Gasteiger partial charge in [-0.1, -0.05) is 13.8 Å². The second kappa shape index (κ2) is 7.44. The van der Waals surface area contributed by atoms with Crippen molar-refractivity contribution in [3.8, 4) is 5.75 Å². The monoisotopic (exact) mass is 281 g/mol. The Morgan fingerprint density at radius 3 is 2.75 bits per heavy atom. The van der Waals surface area contributed by atoms with Crippen molar-refractivity contribution in [1.82, 2.24) is 5.32 Å². The molecule has 1 aromatic carbocycles. The van der Waals surface area contributed by atoms with Crippen molar-refractivity contribution in [2.75, 3.05) is 11.9 Å². The zero-order valence-electron chi connectivity index (χ0n) is 11.5. The third-order valence-electron chi connectivity index (χ3n) is 2.59. The lowest BCUT2D eigenvalue weighted by Gasteiger charge is -2.08. The quantitative estimate of drug-likeness (QED) is 0.307. The van der Waals surface area contributed by atoms with Crippen molar-refractivity contribution >= 4 is 17.3 Å². The molecule has 110 valence electrons. The number of carbonyl (C=O) groups is 1. The van der Waals surface area contributed by atoms with Crippen LogP contribution in [0.2, 0.25) is 0 Å². The lowest BCUT2D eigenvalue weighted by atomic mass is 10.2. The van der Waals surface area contributed by atoms with Crippen molar-refractivity contribution in [2.45, 2.75) is 32.7 Å². The zero-order valence-corrected chi connectivity index (χ0v) is 11.5. The molecule has 0 aliphatic rings. The largest absolute Gasteiger partial charge is 0.508 e. The molecule has 1 rings (SSSR count). The van der Waals surface area contributed by atoms with Gasteiger partial charge in [-0.15, -0.1) is 0 Å². The van der Waals surface area contributed by atoms with Crippen LogP contribution in [0.5, 0.6) is 5.75 Å². The third kappa shape index (κ3) is 5.23. The van der Waals surface area contributed by atoms with Crippen molar-refractivity contribution in [2.24, 2.45) is 0 Å². The van der Waals surface area contributed by atoms with Crippen LogP contribution in [0.25, 0.3) is 0 Å². The van der Waals surface area contributed by atoms with Gasteiger partial charge in [-0.05, 0) is 25.1 Å². The first-order valence-electron chi connectivity index (χ1n) is 6.41. The molecular weight excluding hydrogens is 262 g/mol. The molecule has 0 saturated heterocycles. The smallest absolute Gasteiger partial charge is 0.296 e. The molecule has 7 heteroatoms. The number of carbonyl (C=O) groups excluding carboxylic acids is 1. The van der Waals surface area contributed by atoms with Gasteiger partial charge < -0.3 is 15.7 Å². The number of hydrogen-bond donors (Lipinski definition) is 3. The molecule has 1 aromatic rings. The highest BCUT2D eigenvalue weighted by Gasteiger charge is 2.16. The summed E-state index contributed by atoms with van der Waals surface area (Å²) in [5.41, 5.74) is -0.228. The number of nitro groups is 1. The van der Waals surface area contributed by atoms with Crippen molar-refractivity contribution in [1.29, 1.82) is 0 Å². The molecule has 0 unspecified atom stereocenters. The van der Waals surface area contributed by atoms with E-state index in [0.717, 1.165) is 6.07 Å². The SMILES string of the molecule is CC(C)NCCCC(=O)Nc1ccc(O)cc1[N+](=O)[O-]. The van der Waals surface area contributed by atoms with E-state index < -0.39 is 4.92 Å². The number of benzene rings is 1. The van der Waals surface area contributed by atoms with Gasteiger partial charge in [0, 0.05) is 12.5 Å². The summed E-state index contributed by atoms with van der Waals surface area (Å²) in [6.07, 6.45) is 0.924. The lowest BCUT2D eigenvalue weighted by Crippen LogP contribution is -2.24. The number of nitrogens with zero attached hydrogens (tertiary/aromatic N) is 1. The molecule has 0 bridgehead atoms. The summed E-state index contributed by atoms with van der Waals surface area (Å²) in [6, 6.07) is 3.98. The van der Waals surface area contributed by atoms with Gasteiger partial charge in [-0.2, -0.15) is 0 Å². The van der Waals surface area contributed by atoms with E-state index in [1.165, 1.54) is 12.1 Å². The number of hydrogen-bond acceptors (Lipinski definition) is 5. The van der Waals surface area contributed by atoms with Crippen LogP contribution in [0.15, 0.2) is 18.2 Å². The van der Waals surface area contributed by atoms with Gasteiger partial charge in [-0.3, -0.25) is 14.9 Å². The maximum Gasteiger partial charge on any atom is 0.296 e. The number of amides is 1. The predicted molar refractivity (Wildman–Crippen MR) is 75.8 cm³/mol. The summed E-state index contributed by atoms with van der Waals surface area (Å²) < 4.78 is 0. The Balaban J connectivity index is 2.55. The van der Waals surface area contributed by atoms with Crippen LogP contribution < -0.4 is 10.6 Å². The highest BCUT2D eigenvalue weighted by Crippen LogP contribution is 2.28. The maximum absolute atomic E-state index is 11.7. The first kappa shape index (κ1) is 15.9. The fraction of sp³-hybridized carbons (Fsp3) is 0.462. The predicted octanol–water partition coefficient (Wildman–Crippen LogP) is 2.02. The van der Waals surface area contributed by atoms with Crippen LogP contribution in [0, 0.1) is 10.1 Å². The molecule has 0 aromatic heterocycles. The van der Waals surface area contributed by atoms with E-state index in [1.54, 1.807) is 0 Å². The topological polar surface area (TPSA) is 104 Å². The molecule has 3 N–H and O–H groups in total. The molecule has 0 atom stereocenters. The number of phenols is 1. The molecule has 0 aliphatic heterocycles. The average Bonchev–Trinajstić information content (AvgIpc) is 2.36. The maximum atomic E-state index is 11.7. The van der Waals surface area contributed by atoms with E-state index in [4.69, 9.17) is 0 Å². The number of phenolic OH excluding ortho intramolecular Hbond substituents is 1. The van der Waals surface area contributed by atoms with Crippen LogP contribution in [0.4, 0.5) is 11.4 Å². The van der Waals surface area contributed by atoms with E-state index in [-0.39, 0.29) is 29.5 Å². The Morgan fingerprint density at radius 2 is 2.15 bits per heavy atom. The zero-order chi connectivity index (χ0) is 15.1. The Hall–Kier alpha value is -2.15. The first-order chi connectivity index (χ1) is 9.40. The molecule has 1 amide bonds. The second-order valence-electron chi connectivity index (χ2n) is 4.72. The summed E-state index contributed by atoms with van der Waals surface area (Å²) in [5, 5.41) is 25.7. The summed E-state index contributed by atoms with van der Waals surface area (Å²) >= 11 is 0. The summed E-state index contributed by atoms with van der Waals surface area (Å²) in [6.45, 7) is 4.74. The molecule has 0 saturated carbocycles. The molecule has 7 nitrogen and oxygen atoms in total. The number of nitro benzene ring substituents is 1. The van der Waals surface area contributed by atoms with E-state index in [9.17, 15) is 20.0 Å². The van der Waals surface area contributed by atoms with E-state index in [2.05, 4.69) is 10.6 Å². The average molecular weight is 281 g/mol. The van der Waals surface area contributed by atoms with E-state index >= 15 is 0 Å². The van der Waals surface area contributed by atoms with Gasteiger partial charge in [0.25, 0.3) is 5.69 Å². The fourth-order valence-corrected chi connectivity index (χ4v) is 1.63. The Kier molecular flexibility index (Phi) is 5.92. The second-order valence-corrected chi connectivity index (χ2v) is 4.72. The molecule has 0 fully saturated rings. The summed E-state index contributed by atoms with van der Waals surface area (Å²) in [7, 11) is 0. The molecular formula is C13H19N3O4. The number of aromatic hydroxyl groups is 1. The normalized spacial score (nSPS) is 10.6. The van der Waals surface area contributed by atoms with Crippen molar-refractivity contribution in [3.05, 3.63) is 28.3 Å². The van der Waals surface area contributed by atoms with Gasteiger partial charge in [0.2, 0.25) is 5.91 Å². The molecule has 20 heavy (non-hydrogen) atoms. The first-order valence-corrected chi connectivity index (χ1v) is 6.41. The minimum absolute atomic E-state index is 0.0922. The number of nitrogens with one attached hydrogen (secondary N) is 2. The molecule has 0 spiro atoms. The highest BCUT2D eigenvalue weighted by atomic mass is 16.6. The van der Waals surface area contributed by atoms with Crippen LogP contribution >= 0.6 is 0 Å².